The molecule has 6 nitrogen and oxygen atoms in total. The van der Waals surface area contributed by atoms with Crippen LogP contribution in [0.5, 0.6) is 0 Å². The maximum Gasteiger partial charge on any atom is 0.253 e. The number of nitrogens with zero attached hydrogens (tertiary/aromatic N) is 2. The van der Waals surface area contributed by atoms with Crippen molar-refractivity contribution in [1.29, 1.82) is 0 Å². The molecule has 1 N–H and O–H groups in total. The van der Waals surface area contributed by atoms with Gasteiger partial charge in [0.1, 0.15) is 0 Å². The molecule has 1 aromatic heterocycles. The van der Waals surface area contributed by atoms with Gasteiger partial charge in [0.2, 0.25) is 10.0 Å². The summed E-state index contributed by atoms with van der Waals surface area (Å²) in [4.78, 5) is 18.1. The fourth-order valence-electron chi connectivity index (χ4n) is 2.09. The lowest BCUT2D eigenvalue weighted by Crippen LogP contribution is -2.26. The van der Waals surface area contributed by atoms with Gasteiger partial charge < -0.3 is 4.90 Å². The number of carbonyl (C=O) groups is 1. The highest BCUT2D eigenvalue weighted by molar-refractivity contribution is 7.89. The van der Waals surface area contributed by atoms with Gasteiger partial charge in [-0.1, -0.05) is 12.1 Å². The highest BCUT2D eigenvalue weighted by Crippen LogP contribution is 2.13. The predicted molar refractivity (Wildman–Crippen MR) is 91.9 cm³/mol. The van der Waals surface area contributed by atoms with E-state index in [0.29, 0.717) is 12.1 Å². The van der Waals surface area contributed by atoms with Crippen molar-refractivity contribution in [3.8, 4) is 0 Å². The second-order valence-corrected chi connectivity index (χ2v) is 6.95. The predicted octanol–water partition coefficient (Wildman–Crippen LogP) is 1.82. The summed E-state index contributed by atoms with van der Waals surface area (Å²) < 4.78 is 26.4. The Bertz CT molecular complexity index is 803. The first-order valence-corrected chi connectivity index (χ1v) is 8.77. The minimum atomic E-state index is -3.59. The molecule has 0 aliphatic rings. The van der Waals surface area contributed by atoms with Crippen molar-refractivity contribution in [2.24, 2.45) is 0 Å². The van der Waals surface area contributed by atoms with Crippen LogP contribution in [0.4, 0.5) is 0 Å². The van der Waals surface area contributed by atoms with E-state index in [-0.39, 0.29) is 17.3 Å². The van der Waals surface area contributed by atoms with Crippen molar-refractivity contribution < 1.29 is 13.2 Å². The summed E-state index contributed by atoms with van der Waals surface area (Å²) in [5.74, 6) is -0.193. The molecule has 126 valence electrons. The molecule has 1 heterocycles. The zero-order chi connectivity index (χ0) is 17.6. The fraction of sp³-hybridized carbons (Fsp3) is 0.176. The number of pyridine rings is 1. The third kappa shape index (κ3) is 4.50. The number of hydrogen-bond donors (Lipinski definition) is 1. The van der Waals surface area contributed by atoms with Gasteiger partial charge in [-0.25, -0.2) is 13.1 Å². The van der Waals surface area contributed by atoms with Crippen LogP contribution in [-0.2, 0) is 16.6 Å². The molecule has 7 heteroatoms. The molecule has 2 aromatic rings. The summed E-state index contributed by atoms with van der Waals surface area (Å²) >= 11 is 0. The zero-order valence-electron chi connectivity index (χ0n) is 13.3. The molecule has 0 bridgehead atoms. The largest absolute Gasteiger partial charge is 0.337 e. The van der Waals surface area contributed by atoms with Crippen LogP contribution in [0, 0.1) is 0 Å². The number of rotatable bonds is 7. The van der Waals surface area contributed by atoms with Gasteiger partial charge in [0.25, 0.3) is 5.91 Å². The summed E-state index contributed by atoms with van der Waals surface area (Å²) in [5.41, 5.74) is 1.34. The summed E-state index contributed by atoms with van der Waals surface area (Å²) in [6.45, 7) is 4.04. The molecule has 0 spiro atoms. The first kappa shape index (κ1) is 17.8. The maximum atomic E-state index is 12.4. The molecule has 0 saturated carbocycles. The molecule has 0 radical (unpaired) electrons. The van der Waals surface area contributed by atoms with E-state index in [9.17, 15) is 13.2 Å². The number of hydrogen-bond acceptors (Lipinski definition) is 4. The topological polar surface area (TPSA) is 79.4 Å². The standard InChI is InChI=1S/C17H19N3O3S/c1-3-10-19-24(22,23)16-8-6-15(7-9-16)17(21)20(2)13-14-5-4-11-18-12-14/h3-9,11-12,19H,1,10,13H2,2H3. The minimum Gasteiger partial charge on any atom is -0.337 e. The van der Waals surface area contributed by atoms with E-state index in [2.05, 4.69) is 16.3 Å². The van der Waals surface area contributed by atoms with Gasteiger partial charge in [-0.15, -0.1) is 6.58 Å². The Morgan fingerprint density at radius 1 is 1.29 bits per heavy atom. The lowest BCUT2D eigenvalue weighted by molar-refractivity contribution is 0.0785. The molecule has 24 heavy (non-hydrogen) atoms. The number of sulfonamides is 1. The Hall–Kier alpha value is -2.51. The molecular formula is C17H19N3O3S. The number of benzene rings is 1. The van der Waals surface area contributed by atoms with Crippen molar-refractivity contribution in [3.63, 3.8) is 0 Å². The third-order valence-corrected chi connectivity index (χ3v) is 4.76. The third-order valence-electron chi connectivity index (χ3n) is 3.32. The van der Waals surface area contributed by atoms with Crippen LogP contribution in [0.2, 0.25) is 0 Å². The first-order chi connectivity index (χ1) is 11.4. The van der Waals surface area contributed by atoms with Gasteiger partial charge in [0.15, 0.2) is 0 Å². The summed E-state index contributed by atoms with van der Waals surface area (Å²) in [7, 11) is -1.90. The Labute approximate surface area is 141 Å². The molecule has 0 saturated heterocycles. The highest BCUT2D eigenvalue weighted by atomic mass is 32.2. The lowest BCUT2D eigenvalue weighted by atomic mass is 10.2. The normalized spacial score (nSPS) is 11.0. The monoisotopic (exact) mass is 345 g/mol. The first-order valence-electron chi connectivity index (χ1n) is 7.29. The van der Waals surface area contributed by atoms with E-state index in [1.165, 1.54) is 30.3 Å². The molecule has 0 aliphatic heterocycles. The van der Waals surface area contributed by atoms with Crippen LogP contribution in [0.15, 0.2) is 66.3 Å². The minimum absolute atomic E-state index is 0.107. The number of nitrogens with one attached hydrogen (secondary N) is 1. The van der Waals surface area contributed by atoms with Crippen molar-refractivity contribution in [1.82, 2.24) is 14.6 Å². The lowest BCUT2D eigenvalue weighted by Gasteiger charge is -2.17. The molecule has 1 aromatic carbocycles. The van der Waals surface area contributed by atoms with Crippen LogP contribution < -0.4 is 4.72 Å². The van der Waals surface area contributed by atoms with Gasteiger partial charge in [-0.05, 0) is 35.9 Å². The van der Waals surface area contributed by atoms with Crippen molar-refractivity contribution in [2.45, 2.75) is 11.4 Å². The average molecular weight is 345 g/mol. The Morgan fingerprint density at radius 2 is 2.00 bits per heavy atom. The molecule has 1 amide bonds. The summed E-state index contributed by atoms with van der Waals surface area (Å²) in [6, 6.07) is 9.53. The van der Waals surface area contributed by atoms with E-state index < -0.39 is 10.0 Å². The van der Waals surface area contributed by atoms with Crippen LogP contribution >= 0.6 is 0 Å². The van der Waals surface area contributed by atoms with Gasteiger partial charge in [0, 0.05) is 38.1 Å². The maximum absolute atomic E-state index is 12.4. The van der Waals surface area contributed by atoms with E-state index >= 15 is 0 Å². The number of carbonyl (C=O) groups excluding carboxylic acids is 1. The number of amides is 1. The van der Waals surface area contributed by atoms with Crippen molar-refractivity contribution in [3.05, 3.63) is 72.6 Å². The second-order valence-electron chi connectivity index (χ2n) is 5.19. The van der Waals surface area contributed by atoms with Crippen LogP contribution in [-0.4, -0.2) is 37.8 Å². The quantitative estimate of drug-likeness (QED) is 0.776. The molecular weight excluding hydrogens is 326 g/mol. The molecule has 0 aliphatic carbocycles. The van der Waals surface area contributed by atoms with Crippen LogP contribution in [0.25, 0.3) is 0 Å². The van der Waals surface area contributed by atoms with Crippen LogP contribution in [0.1, 0.15) is 15.9 Å². The Morgan fingerprint density at radius 3 is 2.58 bits per heavy atom. The van der Waals surface area contributed by atoms with E-state index in [4.69, 9.17) is 0 Å². The van der Waals surface area contributed by atoms with Gasteiger partial charge in [-0.2, -0.15) is 0 Å². The fourth-order valence-corrected chi connectivity index (χ4v) is 3.08. The summed E-state index contributed by atoms with van der Waals surface area (Å²) in [6.07, 6.45) is 4.83. The SMILES string of the molecule is C=CCNS(=O)(=O)c1ccc(C(=O)N(C)Cc2cccnc2)cc1. The second kappa shape index (κ2) is 7.85. The van der Waals surface area contributed by atoms with E-state index in [1.807, 2.05) is 12.1 Å². The van der Waals surface area contributed by atoms with Gasteiger partial charge >= 0.3 is 0 Å². The van der Waals surface area contributed by atoms with E-state index in [0.717, 1.165) is 5.56 Å². The molecule has 0 unspecified atom stereocenters. The Kier molecular flexibility index (Phi) is 5.83. The average Bonchev–Trinajstić information content (AvgIpc) is 2.60. The smallest absolute Gasteiger partial charge is 0.253 e. The Balaban J connectivity index is 2.09. The summed E-state index contributed by atoms with van der Waals surface area (Å²) in [5, 5.41) is 0. The van der Waals surface area contributed by atoms with Crippen molar-refractivity contribution >= 4 is 15.9 Å². The van der Waals surface area contributed by atoms with Gasteiger partial charge in [0.05, 0.1) is 4.90 Å². The molecule has 0 atom stereocenters. The zero-order valence-corrected chi connectivity index (χ0v) is 14.2. The molecule has 0 fully saturated rings. The van der Waals surface area contributed by atoms with Crippen molar-refractivity contribution in [2.75, 3.05) is 13.6 Å². The highest BCUT2D eigenvalue weighted by Gasteiger charge is 2.16. The van der Waals surface area contributed by atoms with Gasteiger partial charge in [-0.3, -0.25) is 9.78 Å². The number of aromatic nitrogens is 1. The van der Waals surface area contributed by atoms with E-state index in [1.54, 1.807) is 24.3 Å². The molecule has 2 rings (SSSR count). The van der Waals surface area contributed by atoms with Crippen LogP contribution in [0.3, 0.4) is 0 Å².